The van der Waals surface area contributed by atoms with Gasteiger partial charge in [0.25, 0.3) is 5.91 Å². The fourth-order valence-electron chi connectivity index (χ4n) is 2.18. The van der Waals surface area contributed by atoms with Crippen molar-refractivity contribution in [2.75, 3.05) is 24.9 Å². The van der Waals surface area contributed by atoms with E-state index in [1.807, 2.05) is 24.5 Å². The lowest BCUT2D eigenvalue weighted by atomic mass is 10.1. The quantitative estimate of drug-likeness (QED) is 0.590. The highest BCUT2D eigenvalue weighted by Crippen LogP contribution is 2.27. The highest BCUT2D eigenvalue weighted by molar-refractivity contribution is 7.98. The molecule has 2 rings (SSSR count). The number of anilines is 1. The molecule has 0 radical (unpaired) electrons. The van der Waals surface area contributed by atoms with Gasteiger partial charge >= 0.3 is 5.97 Å². The van der Waals surface area contributed by atoms with Crippen LogP contribution in [0.2, 0.25) is 0 Å². The number of amides is 1. The number of thioether (sulfide) groups is 1. The smallest absolute Gasteiger partial charge is 0.328 e. The summed E-state index contributed by atoms with van der Waals surface area (Å²) in [6.45, 7) is 0. The molecule has 0 fully saturated rings. The van der Waals surface area contributed by atoms with E-state index in [4.69, 9.17) is 14.9 Å². The van der Waals surface area contributed by atoms with Crippen LogP contribution < -0.4 is 11.1 Å². The van der Waals surface area contributed by atoms with Crippen molar-refractivity contribution in [3.05, 3.63) is 42.2 Å². The maximum absolute atomic E-state index is 12.3. The third kappa shape index (κ3) is 4.32. The molecule has 1 unspecified atom stereocenters. The van der Waals surface area contributed by atoms with Crippen LogP contribution >= 0.6 is 11.8 Å². The number of furan rings is 1. The van der Waals surface area contributed by atoms with Gasteiger partial charge in [-0.15, -0.1) is 0 Å². The van der Waals surface area contributed by atoms with E-state index in [1.54, 1.807) is 30.0 Å². The molecule has 0 saturated carbocycles. The van der Waals surface area contributed by atoms with E-state index < -0.39 is 17.9 Å². The van der Waals surface area contributed by atoms with Gasteiger partial charge in [-0.1, -0.05) is 12.1 Å². The molecule has 3 N–H and O–H groups in total. The lowest BCUT2D eigenvalue weighted by Gasteiger charge is -2.15. The molecule has 0 aliphatic rings. The third-order valence-corrected chi connectivity index (χ3v) is 4.10. The zero-order valence-electron chi connectivity index (χ0n) is 13.6. The Morgan fingerprint density at radius 1 is 1.29 bits per heavy atom. The number of benzene rings is 1. The molecule has 1 amide bonds. The van der Waals surface area contributed by atoms with Crippen LogP contribution in [0.15, 0.2) is 40.8 Å². The van der Waals surface area contributed by atoms with Crippen molar-refractivity contribution in [1.29, 1.82) is 0 Å². The second-order valence-corrected chi connectivity index (χ2v) is 6.07. The fraction of sp³-hybridized carbons (Fsp3) is 0.294. The topological polar surface area (TPSA) is 94.6 Å². The van der Waals surface area contributed by atoms with Gasteiger partial charge in [0, 0.05) is 11.3 Å². The van der Waals surface area contributed by atoms with Crippen molar-refractivity contribution in [2.24, 2.45) is 0 Å². The Morgan fingerprint density at radius 3 is 2.71 bits per heavy atom. The van der Waals surface area contributed by atoms with Crippen LogP contribution in [0, 0.1) is 0 Å². The summed E-state index contributed by atoms with van der Waals surface area (Å²) in [6, 6.07) is 9.76. The number of hydrogen-bond acceptors (Lipinski definition) is 6. The first kappa shape index (κ1) is 17.9. The maximum Gasteiger partial charge on any atom is 0.328 e. The van der Waals surface area contributed by atoms with E-state index in [-0.39, 0.29) is 5.76 Å². The van der Waals surface area contributed by atoms with Gasteiger partial charge in [-0.3, -0.25) is 4.79 Å². The highest BCUT2D eigenvalue weighted by Gasteiger charge is 2.23. The SMILES string of the molecule is COC(=O)C(CCSC)NC(=O)c1ccc(-c2ccccc2N)o1. The van der Waals surface area contributed by atoms with Crippen molar-refractivity contribution < 1.29 is 18.7 Å². The van der Waals surface area contributed by atoms with E-state index in [2.05, 4.69) is 5.32 Å². The van der Waals surface area contributed by atoms with Crippen LogP contribution in [0.3, 0.4) is 0 Å². The Balaban J connectivity index is 2.12. The molecule has 0 saturated heterocycles. The van der Waals surface area contributed by atoms with Gasteiger partial charge in [0.05, 0.1) is 7.11 Å². The number of hydrogen-bond donors (Lipinski definition) is 2. The Hall–Kier alpha value is -2.41. The number of carbonyl (C=O) groups excluding carboxylic acids is 2. The number of esters is 1. The summed E-state index contributed by atoms with van der Waals surface area (Å²) < 4.78 is 10.3. The number of nitrogens with one attached hydrogen (secondary N) is 1. The Morgan fingerprint density at radius 2 is 2.04 bits per heavy atom. The summed E-state index contributed by atoms with van der Waals surface area (Å²) in [6.07, 6.45) is 2.41. The molecule has 1 heterocycles. The van der Waals surface area contributed by atoms with Crippen molar-refractivity contribution >= 4 is 29.3 Å². The third-order valence-electron chi connectivity index (χ3n) is 3.46. The van der Waals surface area contributed by atoms with E-state index in [0.29, 0.717) is 23.4 Å². The Kier molecular flexibility index (Phi) is 6.31. The van der Waals surface area contributed by atoms with E-state index in [0.717, 1.165) is 5.75 Å². The Labute approximate surface area is 144 Å². The number of para-hydroxylation sites is 1. The minimum Gasteiger partial charge on any atom is -0.467 e. The molecule has 1 aromatic carbocycles. The van der Waals surface area contributed by atoms with Gasteiger partial charge in [-0.2, -0.15) is 11.8 Å². The summed E-state index contributed by atoms with van der Waals surface area (Å²) in [5, 5.41) is 2.65. The average Bonchev–Trinajstić information content (AvgIpc) is 3.08. The molecular weight excluding hydrogens is 328 g/mol. The first-order valence-corrected chi connectivity index (χ1v) is 8.78. The van der Waals surface area contributed by atoms with Crippen LogP contribution in [-0.2, 0) is 9.53 Å². The number of methoxy groups -OCH3 is 1. The number of rotatable bonds is 7. The molecule has 0 aliphatic heterocycles. The molecule has 1 aromatic heterocycles. The first-order valence-electron chi connectivity index (χ1n) is 7.39. The van der Waals surface area contributed by atoms with E-state index in [9.17, 15) is 9.59 Å². The van der Waals surface area contributed by atoms with Gasteiger partial charge in [0.2, 0.25) is 0 Å². The maximum atomic E-state index is 12.3. The van der Waals surface area contributed by atoms with Crippen LogP contribution in [0.1, 0.15) is 17.0 Å². The molecule has 0 spiro atoms. The number of ether oxygens (including phenoxy) is 1. The molecule has 2 aromatic rings. The van der Waals surface area contributed by atoms with Crippen LogP contribution in [0.5, 0.6) is 0 Å². The second kappa shape index (κ2) is 8.44. The lowest BCUT2D eigenvalue weighted by Crippen LogP contribution is -2.41. The monoisotopic (exact) mass is 348 g/mol. The predicted octanol–water partition coefficient (Wildman–Crippen LogP) is 2.55. The molecule has 1 atom stereocenters. The standard InChI is InChI=1S/C17H20N2O4S/c1-22-17(21)13(9-10-24-2)19-16(20)15-8-7-14(23-15)11-5-3-4-6-12(11)18/h3-8,13H,9-10,18H2,1-2H3,(H,19,20). The second-order valence-electron chi connectivity index (χ2n) is 5.08. The van der Waals surface area contributed by atoms with Crippen LogP contribution in [0.25, 0.3) is 11.3 Å². The fourth-order valence-corrected chi connectivity index (χ4v) is 2.65. The summed E-state index contributed by atoms with van der Waals surface area (Å²) in [5.74, 6) is 0.399. The minimum absolute atomic E-state index is 0.117. The van der Waals surface area contributed by atoms with Crippen molar-refractivity contribution in [1.82, 2.24) is 5.32 Å². The van der Waals surface area contributed by atoms with Gasteiger partial charge in [0.1, 0.15) is 11.8 Å². The van der Waals surface area contributed by atoms with Gasteiger partial charge in [-0.25, -0.2) is 4.79 Å². The number of nitrogen functional groups attached to an aromatic ring is 1. The molecule has 0 bridgehead atoms. The normalized spacial score (nSPS) is 11.8. The van der Waals surface area contributed by atoms with Gasteiger partial charge < -0.3 is 20.2 Å². The lowest BCUT2D eigenvalue weighted by molar-refractivity contribution is -0.142. The summed E-state index contributed by atoms with van der Waals surface area (Å²) in [4.78, 5) is 24.1. The first-order chi connectivity index (χ1) is 11.6. The van der Waals surface area contributed by atoms with Crippen molar-refractivity contribution in [3.8, 4) is 11.3 Å². The van der Waals surface area contributed by atoms with Crippen molar-refractivity contribution in [2.45, 2.75) is 12.5 Å². The average molecular weight is 348 g/mol. The van der Waals surface area contributed by atoms with Gasteiger partial charge in [0.15, 0.2) is 5.76 Å². The van der Waals surface area contributed by atoms with Crippen molar-refractivity contribution in [3.63, 3.8) is 0 Å². The largest absolute Gasteiger partial charge is 0.467 e. The van der Waals surface area contributed by atoms with E-state index in [1.165, 1.54) is 7.11 Å². The number of nitrogens with two attached hydrogens (primary N) is 1. The minimum atomic E-state index is -0.703. The Bertz CT molecular complexity index is 714. The van der Waals surface area contributed by atoms with Crippen LogP contribution in [0.4, 0.5) is 5.69 Å². The summed E-state index contributed by atoms with van der Waals surface area (Å²) >= 11 is 1.59. The molecular formula is C17H20N2O4S. The predicted molar refractivity (Wildman–Crippen MR) is 94.8 cm³/mol. The zero-order valence-corrected chi connectivity index (χ0v) is 14.4. The number of carbonyl (C=O) groups is 2. The molecule has 24 heavy (non-hydrogen) atoms. The van der Waals surface area contributed by atoms with Gasteiger partial charge in [-0.05, 0) is 42.7 Å². The zero-order chi connectivity index (χ0) is 17.5. The highest BCUT2D eigenvalue weighted by atomic mass is 32.2. The van der Waals surface area contributed by atoms with E-state index >= 15 is 0 Å². The molecule has 128 valence electrons. The molecule has 6 nitrogen and oxygen atoms in total. The molecule has 7 heteroatoms. The summed E-state index contributed by atoms with van der Waals surface area (Å²) in [5.41, 5.74) is 7.18. The summed E-state index contributed by atoms with van der Waals surface area (Å²) in [7, 11) is 1.30. The van der Waals surface area contributed by atoms with Crippen LogP contribution in [-0.4, -0.2) is 37.0 Å². The molecule has 0 aliphatic carbocycles.